The Morgan fingerprint density at radius 2 is 2.40 bits per heavy atom. The highest BCUT2D eigenvalue weighted by Gasteiger charge is 2.01. The molecular formula is C11H20N2OS. The Morgan fingerprint density at radius 3 is 3.00 bits per heavy atom. The summed E-state index contributed by atoms with van der Waals surface area (Å²) < 4.78 is 0. The molecule has 1 aromatic rings. The predicted octanol–water partition coefficient (Wildman–Crippen LogP) is 1.74. The van der Waals surface area contributed by atoms with E-state index >= 15 is 0 Å². The van der Waals surface area contributed by atoms with E-state index in [0.717, 1.165) is 30.8 Å². The zero-order valence-electron chi connectivity index (χ0n) is 9.49. The minimum Gasteiger partial charge on any atom is -0.396 e. The van der Waals surface area contributed by atoms with Crippen LogP contribution in [0.15, 0.2) is 6.20 Å². The number of aliphatic hydroxyl groups is 1. The van der Waals surface area contributed by atoms with Crippen LogP contribution in [0.4, 0.5) is 0 Å². The third-order valence-electron chi connectivity index (χ3n) is 2.33. The van der Waals surface area contributed by atoms with Crippen LogP contribution in [0.25, 0.3) is 0 Å². The first-order valence-electron chi connectivity index (χ1n) is 5.48. The van der Waals surface area contributed by atoms with Crippen molar-refractivity contribution in [2.45, 2.75) is 39.2 Å². The standard InChI is InChI=1S/C11H20N2OS/c1-9(4-3-7-14)12-6-5-11-8-13-10(2)15-11/h8-9,12,14H,3-7H2,1-2H3. The number of aryl methyl sites for hydroxylation is 1. The van der Waals surface area contributed by atoms with Gasteiger partial charge in [0, 0.05) is 30.3 Å². The summed E-state index contributed by atoms with van der Waals surface area (Å²) in [6.45, 7) is 5.48. The number of aromatic nitrogens is 1. The molecule has 0 bridgehead atoms. The monoisotopic (exact) mass is 228 g/mol. The molecule has 86 valence electrons. The molecule has 0 aliphatic carbocycles. The van der Waals surface area contributed by atoms with Crippen molar-refractivity contribution in [3.05, 3.63) is 16.1 Å². The van der Waals surface area contributed by atoms with Crippen molar-refractivity contribution >= 4 is 11.3 Å². The van der Waals surface area contributed by atoms with Gasteiger partial charge in [-0.3, -0.25) is 0 Å². The summed E-state index contributed by atoms with van der Waals surface area (Å²) in [5.74, 6) is 0. The molecule has 0 saturated carbocycles. The zero-order chi connectivity index (χ0) is 11.1. The lowest BCUT2D eigenvalue weighted by Crippen LogP contribution is -2.28. The van der Waals surface area contributed by atoms with Crippen LogP contribution in [-0.2, 0) is 6.42 Å². The van der Waals surface area contributed by atoms with E-state index in [9.17, 15) is 0 Å². The third kappa shape index (κ3) is 5.25. The number of nitrogens with zero attached hydrogens (tertiary/aromatic N) is 1. The van der Waals surface area contributed by atoms with Gasteiger partial charge in [0.2, 0.25) is 0 Å². The molecule has 1 heterocycles. The van der Waals surface area contributed by atoms with E-state index in [1.807, 2.05) is 13.1 Å². The van der Waals surface area contributed by atoms with Crippen molar-refractivity contribution in [3.63, 3.8) is 0 Å². The van der Waals surface area contributed by atoms with Crippen LogP contribution >= 0.6 is 11.3 Å². The number of hydrogen-bond donors (Lipinski definition) is 2. The molecule has 4 heteroatoms. The highest BCUT2D eigenvalue weighted by Crippen LogP contribution is 2.11. The van der Waals surface area contributed by atoms with Crippen molar-refractivity contribution in [1.29, 1.82) is 0 Å². The van der Waals surface area contributed by atoms with Crippen molar-refractivity contribution < 1.29 is 5.11 Å². The SMILES string of the molecule is Cc1ncc(CCNC(C)CCCO)s1. The maximum atomic E-state index is 8.69. The molecule has 0 saturated heterocycles. The van der Waals surface area contributed by atoms with Gasteiger partial charge in [0.15, 0.2) is 0 Å². The molecule has 3 nitrogen and oxygen atoms in total. The summed E-state index contributed by atoms with van der Waals surface area (Å²) in [5.41, 5.74) is 0. The Kier molecular flexibility index (Phi) is 5.83. The second-order valence-electron chi connectivity index (χ2n) is 3.82. The molecule has 0 radical (unpaired) electrons. The number of aliphatic hydroxyl groups excluding tert-OH is 1. The quantitative estimate of drug-likeness (QED) is 0.747. The van der Waals surface area contributed by atoms with Crippen LogP contribution < -0.4 is 5.32 Å². The molecule has 1 atom stereocenters. The maximum Gasteiger partial charge on any atom is 0.0896 e. The van der Waals surface area contributed by atoms with Gasteiger partial charge in [-0.1, -0.05) is 0 Å². The third-order valence-corrected chi connectivity index (χ3v) is 3.30. The van der Waals surface area contributed by atoms with Gasteiger partial charge in [-0.05, 0) is 33.1 Å². The van der Waals surface area contributed by atoms with Crippen molar-refractivity contribution in [2.75, 3.05) is 13.2 Å². The second kappa shape index (κ2) is 6.93. The van der Waals surface area contributed by atoms with E-state index in [2.05, 4.69) is 17.2 Å². The summed E-state index contributed by atoms with van der Waals surface area (Å²) >= 11 is 1.77. The normalized spacial score (nSPS) is 13.0. The fraction of sp³-hybridized carbons (Fsp3) is 0.727. The van der Waals surface area contributed by atoms with Crippen LogP contribution in [0.3, 0.4) is 0 Å². The lowest BCUT2D eigenvalue weighted by atomic mass is 10.2. The largest absolute Gasteiger partial charge is 0.396 e. The average Bonchev–Trinajstić information content (AvgIpc) is 2.61. The molecule has 0 aliphatic rings. The van der Waals surface area contributed by atoms with E-state index in [4.69, 9.17) is 5.11 Å². The maximum absolute atomic E-state index is 8.69. The van der Waals surface area contributed by atoms with Gasteiger partial charge in [0.25, 0.3) is 0 Å². The number of nitrogens with one attached hydrogen (secondary N) is 1. The second-order valence-corrected chi connectivity index (χ2v) is 5.14. The molecule has 0 fully saturated rings. The minimum absolute atomic E-state index is 0.292. The molecule has 0 aromatic carbocycles. The van der Waals surface area contributed by atoms with Gasteiger partial charge < -0.3 is 10.4 Å². The van der Waals surface area contributed by atoms with E-state index < -0.39 is 0 Å². The lowest BCUT2D eigenvalue weighted by molar-refractivity contribution is 0.276. The Labute approximate surface area is 95.6 Å². The van der Waals surface area contributed by atoms with Gasteiger partial charge in [0.1, 0.15) is 0 Å². The predicted molar refractivity (Wildman–Crippen MR) is 64.3 cm³/mol. The average molecular weight is 228 g/mol. The molecule has 1 rings (SSSR count). The Hall–Kier alpha value is -0.450. The van der Waals surface area contributed by atoms with Crippen molar-refractivity contribution in [3.8, 4) is 0 Å². The summed E-state index contributed by atoms with van der Waals surface area (Å²) in [7, 11) is 0. The molecule has 1 aromatic heterocycles. The Bertz CT molecular complexity index is 275. The van der Waals surface area contributed by atoms with Crippen LogP contribution in [-0.4, -0.2) is 29.3 Å². The highest BCUT2D eigenvalue weighted by atomic mass is 32.1. The molecular weight excluding hydrogens is 208 g/mol. The van der Waals surface area contributed by atoms with Gasteiger partial charge in [-0.25, -0.2) is 4.98 Å². The Morgan fingerprint density at radius 1 is 1.60 bits per heavy atom. The van der Waals surface area contributed by atoms with E-state index in [-0.39, 0.29) is 0 Å². The lowest BCUT2D eigenvalue weighted by Gasteiger charge is -2.12. The van der Waals surface area contributed by atoms with Gasteiger partial charge in [-0.2, -0.15) is 0 Å². The first-order valence-corrected chi connectivity index (χ1v) is 6.29. The topological polar surface area (TPSA) is 45.2 Å². The van der Waals surface area contributed by atoms with Crippen LogP contribution in [0.1, 0.15) is 29.7 Å². The van der Waals surface area contributed by atoms with E-state index in [0.29, 0.717) is 12.6 Å². The number of hydrogen-bond acceptors (Lipinski definition) is 4. The highest BCUT2D eigenvalue weighted by molar-refractivity contribution is 7.11. The van der Waals surface area contributed by atoms with E-state index in [1.165, 1.54) is 4.88 Å². The summed E-state index contributed by atoms with van der Waals surface area (Å²) in [6, 6.07) is 0.492. The minimum atomic E-state index is 0.292. The number of rotatable bonds is 7. The van der Waals surface area contributed by atoms with Crippen LogP contribution in [0, 0.1) is 6.92 Å². The first-order chi connectivity index (χ1) is 7.22. The van der Waals surface area contributed by atoms with E-state index in [1.54, 1.807) is 11.3 Å². The van der Waals surface area contributed by atoms with Gasteiger partial charge >= 0.3 is 0 Å². The van der Waals surface area contributed by atoms with Gasteiger partial charge in [0.05, 0.1) is 5.01 Å². The molecule has 0 spiro atoms. The fourth-order valence-electron chi connectivity index (χ4n) is 1.46. The van der Waals surface area contributed by atoms with Gasteiger partial charge in [-0.15, -0.1) is 11.3 Å². The number of thiazole rings is 1. The van der Waals surface area contributed by atoms with Crippen molar-refractivity contribution in [1.82, 2.24) is 10.3 Å². The Balaban J connectivity index is 2.10. The summed E-state index contributed by atoms with van der Waals surface area (Å²) in [4.78, 5) is 5.56. The van der Waals surface area contributed by atoms with Crippen molar-refractivity contribution in [2.24, 2.45) is 0 Å². The fourth-order valence-corrected chi connectivity index (χ4v) is 2.26. The first kappa shape index (κ1) is 12.6. The molecule has 0 aliphatic heterocycles. The zero-order valence-corrected chi connectivity index (χ0v) is 10.3. The molecule has 0 amide bonds. The molecule has 15 heavy (non-hydrogen) atoms. The summed E-state index contributed by atoms with van der Waals surface area (Å²) in [6.07, 6.45) is 4.93. The summed E-state index contributed by atoms with van der Waals surface area (Å²) in [5, 5.41) is 13.3. The van der Waals surface area contributed by atoms with Crippen LogP contribution in [0.5, 0.6) is 0 Å². The smallest absolute Gasteiger partial charge is 0.0896 e. The van der Waals surface area contributed by atoms with Crippen LogP contribution in [0.2, 0.25) is 0 Å². The molecule has 1 unspecified atom stereocenters. The molecule has 2 N–H and O–H groups in total.